The lowest BCUT2D eigenvalue weighted by Gasteiger charge is -2.34. The van der Waals surface area contributed by atoms with E-state index < -0.39 is 4.92 Å². The van der Waals surface area contributed by atoms with E-state index in [4.69, 9.17) is 11.6 Å². The number of nitro benzene ring substituents is 1. The number of non-ortho nitro benzene ring substituents is 1. The molecule has 1 fully saturated rings. The average Bonchev–Trinajstić information content (AvgIpc) is 2.49. The molecule has 1 heterocycles. The van der Waals surface area contributed by atoms with Gasteiger partial charge in [0.25, 0.3) is 11.6 Å². The summed E-state index contributed by atoms with van der Waals surface area (Å²) < 4.78 is 0. The Balaban J connectivity index is 2.28. The highest BCUT2D eigenvalue weighted by Crippen LogP contribution is 2.25. The number of nitrogens with zero attached hydrogens (tertiary/aromatic N) is 2. The van der Waals surface area contributed by atoms with Gasteiger partial charge in [-0.15, -0.1) is 0 Å². The van der Waals surface area contributed by atoms with Crippen LogP contribution < -0.4 is 5.32 Å². The van der Waals surface area contributed by atoms with Gasteiger partial charge < -0.3 is 10.2 Å². The Hall–Kier alpha value is -1.66. The molecule has 6 nitrogen and oxygen atoms in total. The second-order valence-electron chi connectivity index (χ2n) is 4.99. The summed E-state index contributed by atoms with van der Waals surface area (Å²) in [7, 11) is 0. The van der Waals surface area contributed by atoms with Gasteiger partial charge >= 0.3 is 0 Å². The zero-order valence-corrected chi connectivity index (χ0v) is 12.6. The summed E-state index contributed by atoms with van der Waals surface area (Å²) in [6.07, 6.45) is 1.76. The molecule has 0 atom stereocenters. The molecule has 21 heavy (non-hydrogen) atoms. The smallest absolute Gasteiger partial charge is 0.270 e. The van der Waals surface area contributed by atoms with E-state index in [9.17, 15) is 14.9 Å². The Morgan fingerprint density at radius 2 is 2.14 bits per heavy atom. The van der Waals surface area contributed by atoms with Gasteiger partial charge in [0.2, 0.25) is 0 Å². The maximum absolute atomic E-state index is 12.7. The van der Waals surface area contributed by atoms with Gasteiger partial charge in [0, 0.05) is 24.7 Å². The molecule has 7 heteroatoms. The summed E-state index contributed by atoms with van der Waals surface area (Å²) in [5.74, 6) is -0.238. The van der Waals surface area contributed by atoms with Crippen molar-refractivity contribution in [1.82, 2.24) is 10.2 Å². The van der Waals surface area contributed by atoms with Gasteiger partial charge in [-0.3, -0.25) is 14.9 Å². The monoisotopic (exact) mass is 311 g/mol. The van der Waals surface area contributed by atoms with Gasteiger partial charge in [-0.2, -0.15) is 0 Å². The highest BCUT2D eigenvalue weighted by molar-refractivity contribution is 6.33. The molecule has 0 aliphatic carbocycles. The average molecular weight is 312 g/mol. The van der Waals surface area contributed by atoms with Gasteiger partial charge in [0.1, 0.15) is 0 Å². The Morgan fingerprint density at radius 1 is 1.48 bits per heavy atom. The molecule has 1 amide bonds. The van der Waals surface area contributed by atoms with E-state index in [-0.39, 0.29) is 28.2 Å². The fourth-order valence-corrected chi connectivity index (χ4v) is 2.83. The lowest BCUT2D eigenvalue weighted by molar-refractivity contribution is -0.384. The minimum absolute atomic E-state index is 0.121. The second kappa shape index (κ2) is 6.87. The van der Waals surface area contributed by atoms with Gasteiger partial charge in [-0.25, -0.2) is 0 Å². The normalized spacial score (nSPS) is 15.7. The summed E-state index contributed by atoms with van der Waals surface area (Å²) >= 11 is 6.05. The molecule has 1 aliphatic rings. The van der Waals surface area contributed by atoms with Crippen LogP contribution >= 0.6 is 11.6 Å². The number of carbonyl (C=O) groups is 1. The van der Waals surface area contributed by atoms with Crippen molar-refractivity contribution in [2.24, 2.45) is 0 Å². The first-order valence-electron chi connectivity index (χ1n) is 7.00. The number of benzene rings is 1. The number of nitrogens with one attached hydrogen (secondary N) is 1. The predicted molar refractivity (Wildman–Crippen MR) is 80.7 cm³/mol. The first-order chi connectivity index (χ1) is 10.0. The van der Waals surface area contributed by atoms with Gasteiger partial charge in [0.05, 0.1) is 15.5 Å². The van der Waals surface area contributed by atoms with Crippen LogP contribution in [0.4, 0.5) is 5.69 Å². The largest absolute Gasteiger partial charge is 0.336 e. The Kier molecular flexibility index (Phi) is 5.14. The lowest BCUT2D eigenvalue weighted by atomic mass is 10.0. The van der Waals surface area contributed by atoms with E-state index in [0.717, 1.165) is 25.9 Å². The lowest BCUT2D eigenvalue weighted by Crippen LogP contribution is -2.46. The minimum atomic E-state index is -0.520. The van der Waals surface area contributed by atoms with Crippen molar-refractivity contribution in [2.75, 3.05) is 19.6 Å². The molecule has 1 aromatic rings. The van der Waals surface area contributed by atoms with Crippen LogP contribution in [0.5, 0.6) is 0 Å². The number of rotatable bonds is 4. The van der Waals surface area contributed by atoms with E-state index in [1.807, 2.05) is 6.92 Å². The fourth-order valence-electron chi connectivity index (χ4n) is 2.63. The maximum Gasteiger partial charge on any atom is 0.270 e. The molecule has 0 bridgehead atoms. The number of hydrogen-bond acceptors (Lipinski definition) is 4. The van der Waals surface area contributed by atoms with Gasteiger partial charge in [-0.1, -0.05) is 11.6 Å². The highest BCUT2D eigenvalue weighted by Gasteiger charge is 2.27. The van der Waals surface area contributed by atoms with E-state index in [1.54, 1.807) is 4.90 Å². The third kappa shape index (κ3) is 3.51. The van der Waals surface area contributed by atoms with Crippen LogP contribution in [0.25, 0.3) is 0 Å². The van der Waals surface area contributed by atoms with Crippen molar-refractivity contribution < 1.29 is 9.72 Å². The third-order valence-electron chi connectivity index (χ3n) is 3.74. The maximum atomic E-state index is 12.7. The molecular weight excluding hydrogens is 294 g/mol. The van der Waals surface area contributed by atoms with Crippen LogP contribution in [-0.2, 0) is 0 Å². The van der Waals surface area contributed by atoms with Crippen molar-refractivity contribution in [1.29, 1.82) is 0 Å². The molecule has 1 saturated heterocycles. The third-order valence-corrected chi connectivity index (χ3v) is 4.07. The minimum Gasteiger partial charge on any atom is -0.336 e. The van der Waals surface area contributed by atoms with Crippen LogP contribution in [0, 0.1) is 10.1 Å². The molecule has 2 rings (SSSR count). The van der Waals surface area contributed by atoms with Crippen LogP contribution in [0.15, 0.2) is 18.2 Å². The van der Waals surface area contributed by atoms with E-state index in [1.165, 1.54) is 18.2 Å². The quantitative estimate of drug-likeness (QED) is 0.684. The van der Waals surface area contributed by atoms with Crippen molar-refractivity contribution in [2.45, 2.75) is 25.8 Å². The number of nitro groups is 1. The fraction of sp³-hybridized carbons (Fsp3) is 0.500. The van der Waals surface area contributed by atoms with Crippen molar-refractivity contribution >= 4 is 23.2 Å². The van der Waals surface area contributed by atoms with Crippen molar-refractivity contribution in [3.05, 3.63) is 38.9 Å². The van der Waals surface area contributed by atoms with Crippen LogP contribution in [0.1, 0.15) is 30.1 Å². The molecule has 114 valence electrons. The standard InChI is InChI=1S/C14H18ClN3O3/c1-2-17(10-5-7-16-8-6-10)14(19)12-9-11(18(20)21)3-4-13(12)15/h3-4,9-10,16H,2,5-8H2,1H3. The first-order valence-corrected chi connectivity index (χ1v) is 7.38. The SMILES string of the molecule is CCN(C(=O)c1cc([N+](=O)[O-])ccc1Cl)C1CCNCC1. The summed E-state index contributed by atoms with van der Waals surface area (Å²) in [5, 5.41) is 14.4. The molecule has 0 aromatic heterocycles. The summed E-state index contributed by atoms with van der Waals surface area (Å²) in [6, 6.07) is 4.12. The number of hydrogen-bond donors (Lipinski definition) is 1. The van der Waals surface area contributed by atoms with Crippen LogP contribution in [0.2, 0.25) is 5.02 Å². The Bertz CT molecular complexity index is 544. The van der Waals surface area contributed by atoms with Crippen molar-refractivity contribution in [3.63, 3.8) is 0 Å². The molecule has 0 spiro atoms. The summed E-state index contributed by atoms with van der Waals surface area (Å²) in [4.78, 5) is 24.8. The van der Waals surface area contributed by atoms with E-state index >= 15 is 0 Å². The highest BCUT2D eigenvalue weighted by atomic mass is 35.5. The zero-order chi connectivity index (χ0) is 15.4. The van der Waals surface area contributed by atoms with Crippen molar-refractivity contribution in [3.8, 4) is 0 Å². The molecule has 1 aliphatic heterocycles. The first kappa shape index (κ1) is 15.7. The Morgan fingerprint density at radius 3 is 2.71 bits per heavy atom. The molecule has 1 N–H and O–H groups in total. The molecule has 0 unspecified atom stereocenters. The topological polar surface area (TPSA) is 75.5 Å². The Labute approximate surface area is 128 Å². The molecule has 1 aromatic carbocycles. The van der Waals surface area contributed by atoms with Crippen LogP contribution in [0.3, 0.4) is 0 Å². The molecule has 0 saturated carbocycles. The number of halogens is 1. The second-order valence-corrected chi connectivity index (χ2v) is 5.40. The molecule has 0 radical (unpaired) electrons. The number of carbonyl (C=O) groups excluding carboxylic acids is 1. The number of piperidine rings is 1. The summed E-state index contributed by atoms with van der Waals surface area (Å²) in [5.41, 5.74) is 0.0790. The zero-order valence-electron chi connectivity index (χ0n) is 11.8. The number of amides is 1. The molecular formula is C14H18ClN3O3. The van der Waals surface area contributed by atoms with Gasteiger partial charge in [-0.05, 0) is 38.9 Å². The van der Waals surface area contributed by atoms with Gasteiger partial charge in [0.15, 0.2) is 0 Å². The summed E-state index contributed by atoms with van der Waals surface area (Å²) in [6.45, 7) is 4.21. The predicted octanol–water partition coefficient (Wildman–Crippen LogP) is 2.46. The van der Waals surface area contributed by atoms with Crippen LogP contribution in [-0.4, -0.2) is 41.4 Å². The van der Waals surface area contributed by atoms with E-state index in [0.29, 0.717) is 6.54 Å². The van der Waals surface area contributed by atoms with E-state index in [2.05, 4.69) is 5.32 Å².